The number of carboxylic acids is 1. The van der Waals surface area contributed by atoms with Gasteiger partial charge in [0.1, 0.15) is 6.10 Å². The van der Waals surface area contributed by atoms with E-state index in [1.807, 2.05) is 0 Å². The molecule has 96 valence electrons. The van der Waals surface area contributed by atoms with Gasteiger partial charge < -0.3 is 9.84 Å². The Hall–Kier alpha value is -2.18. The molecule has 0 unspecified atom stereocenters. The van der Waals surface area contributed by atoms with Crippen LogP contribution >= 0.6 is 0 Å². The fourth-order valence-electron chi connectivity index (χ4n) is 1.94. The molecule has 1 saturated carbocycles. The number of nitrogens with zero attached hydrogens (tertiary/aromatic N) is 2. The molecule has 1 aromatic rings. The van der Waals surface area contributed by atoms with Gasteiger partial charge in [-0.25, -0.2) is 9.78 Å². The molecule has 1 heterocycles. The van der Waals surface area contributed by atoms with E-state index in [2.05, 4.69) is 4.98 Å². The van der Waals surface area contributed by atoms with Crippen LogP contribution in [0.3, 0.4) is 0 Å². The number of carbonyl (C=O) groups is 1. The van der Waals surface area contributed by atoms with Crippen molar-refractivity contribution >= 4 is 11.7 Å². The molecule has 0 aliphatic heterocycles. The highest BCUT2D eigenvalue weighted by molar-refractivity contribution is 5.85. The molecule has 0 bridgehead atoms. The zero-order chi connectivity index (χ0) is 13.1. The number of nitro groups is 1. The van der Waals surface area contributed by atoms with Crippen molar-refractivity contribution in [3.05, 3.63) is 27.9 Å². The van der Waals surface area contributed by atoms with Crippen molar-refractivity contribution in [1.82, 2.24) is 4.98 Å². The fraction of sp³-hybridized carbons (Fsp3) is 0.455. The van der Waals surface area contributed by atoms with Gasteiger partial charge in [-0.2, -0.15) is 0 Å². The summed E-state index contributed by atoms with van der Waals surface area (Å²) in [7, 11) is 0. The van der Waals surface area contributed by atoms with E-state index in [0.29, 0.717) is 0 Å². The minimum absolute atomic E-state index is 0.111. The summed E-state index contributed by atoms with van der Waals surface area (Å²) in [4.78, 5) is 24.7. The van der Waals surface area contributed by atoms with E-state index in [-0.39, 0.29) is 23.4 Å². The Morgan fingerprint density at radius 2 is 2.11 bits per heavy atom. The Balaban J connectivity index is 2.30. The van der Waals surface area contributed by atoms with Crippen molar-refractivity contribution in [2.24, 2.45) is 0 Å². The molecule has 2 rings (SSSR count). The molecule has 7 heteroatoms. The third kappa shape index (κ3) is 2.55. The number of carboxylic acid groups (broad SMARTS) is 1. The van der Waals surface area contributed by atoms with E-state index in [1.54, 1.807) is 0 Å². The van der Waals surface area contributed by atoms with Gasteiger partial charge >= 0.3 is 11.7 Å². The van der Waals surface area contributed by atoms with E-state index in [4.69, 9.17) is 9.84 Å². The minimum Gasteiger partial charge on any atom is -0.477 e. The molecule has 18 heavy (non-hydrogen) atoms. The molecular weight excluding hydrogens is 240 g/mol. The molecule has 7 nitrogen and oxygen atoms in total. The van der Waals surface area contributed by atoms with Gasteiger partial charge in [0.25, 0.3) is 5.88 Å². The maximum Gasteiger partial charge on any atom is 0.354 e. The van der Waals surface area contributed by atoms with Crippen molar-refractivity contribution in [1.29, 1.82) is 0 Å². The second kappa shape index (κ2) is 4.99. The molecule has 1 aliphatic carbocycles. The van der Waals surface area contributed by atoms with Gasteiger partial charge in [-0.3, -0.25) is 10.1 Å². The summed E-state index contributed by atoms with van der Waals surface area (Å²) in [6.07, 6.45) is 3.54. The molecule has 0 amide bonds. The van der Waals surface area contributed by atoms with Crippen molar-refractivity contribution in [3.8, 4) is 5.88 Å². The van der Waals surface area contributed by atoms with Crippen LogP contribution < -0.4 is 4.74 Å². The number of aromatic carboxylic acids is 1. The summed E-state index contributed by atoms with van der Waals surface area (Å²) in [6, 6.07) is 2.21. The SMILES string of the molecule is O=C(O)c1ccc([N+](=O)[O-])c(OC2CCCC2)n1. The van der Waals surface area contributed by atoms with Crippen LogP contribution in [0.15, 0.2) is 12.1 Å². The Labute approximate surface area is 103 Å². The number of pyridine rings is 1. The fourth-order valence-corrected chi connectivity index (χ4v) is 1.94. The van der Waals surface area contributed by atoms with Crippen molar-refractivity contribution in [2.45, 2.75) is 31.8 Å². The van der Waals surface area contributed by atoms with Gasteiger partial charge in [0, 0.05) is 6.07 Å². The summed E-state index contributed by atoms with van der Waals surface area (Å²) in [5.41, 5.74) is -0.555. The van der Waals surface area contributed by atoms with Crippen LogP contribution in [0.2, 0.25) is 0 Å². The minimum atomic E-state index is -1.24. The van der Waals surface area contributed by atoms with E-state index < -0.39 is 10.9 Å². The summed E-state index contributed by atoms with van der Waals surface area (Å²) >= 11 is 0. The van der Waals surface area contributed by atoms with Crippen LogP contribution in [0.1, 0.15) is 36.2 Å². The van der Waals surface area contributed by atoms with Gasteiger partial charge in [0.2, 0.25) is 0 Å². The molecule has 0 aromatic carbocycles. The molecule has 0 radical (unpaired) electrons. The summed E-state index contributed by atoms with van der Waals surface area (Å²) in [5, 5.41) is 19.6. The number of hydrogen-bond donors (Lipinski definition) is 1. The highest BCUT2D eigenvalue weighted by atomic mass is 16.6. The number of hydrogen-bond acceptors (Lipinski definition) is 5. The second-order valence-corrected chi connectivity index (χ2v) is 4.11. The maximum absolute atomic E-state index is 10.8. The predicted octanol–water partition coefficient (Wildman–Crippen LogP) is 2.01. The zero-order valence-corrected chi connectivity index (χ0v) is 9.54. The normalized spacial score (nSPS) is 15.6. The molecule has 1 fully saturated rings. The van der Waals surface area contributed by atoms with Crippen LogP contribution in [-0.2, 0) is 0 Å². The highest BCUT2D eigenvalue weighted by Crippen LogP contribution is 2.29. The monoisotopic (exact) mass is 252 g/mol. The van der Waals surface area contributed by atoms with Gasteiger partial charge in [-0.1, -0.05) is 0 Å². The molecule has 1 aliphatic rings. The highest BCUT2D eigenvalue weighted by Gasteiger charge is 2.24. The van der Waals surface area contributed by atoms with Gasteiger partial charge in [0.15, 0.2) is 5.69 Å². The average Bonchev–Trinajstić information content (AvgIpc) is 2.81. The first-order chi connectivity index (χ1) is 8.58. The lowest BCUT2D eigenvalue weighted by Gasteiger charge is -2.12. The quantitative estimate of drug-likeness (QED) is 0.649. The molecular formula is C11H12N2O5. The Bertz CT molecular complexity index is 482. The van der Waals surface area contributed by atoms with Crippen molar-refractivity contribution < 1.29 is 19.6 Å². The maximum atomic E-state index is 10.8. The molecule has 0 atom stereocenters. The lowest BCUT2D eigenvalue weighted by molar-refractivity contribution is -0.386. The van der Waals surface area contributed by atoms with E-state index in [0.717, 1.165) is 37.8 Å². The van der Waals surface area contributed by atoms with Crippen LogP contribution in [0.25, 0.3) is 0 Å². The summed E-state index contributed by atoms with van der Waals surface area (Å²) in [6.45, 7) is 0. The Kier molecular flexibility index (Phi) is 3.40. The van der Waals surface area contributed by atoms with Crippen LogP contribution in [0, 0.1) is 10.1 Å². The Morgan fingerprint density at radius 1 is 1.44 bits per heavy atom. The first kappa shape index (κ1) is 12.3. The summed E-state index contributed by atoms with van der Waals surface area (Å²) in [5.74, 6) is -1.44. The molecule has 1 N–H and O–H groups in total. The summed E-state index contributed by atoms with van der Waals surface area (Å²) < 4.78 is 5.44. The third-order valence-corrected chi connectivity index (χ3v) is 2.84. The van der Waals surface area contributed by atoms with Crippen molar-refractivity contribution in [2.75, 3.05) is 0 Å². The first-order valence-electron chi connectivity index (χ1n) is 5.63. The van der Waals surface area contributed by atoms with E-state index in [1.165, 1.54) is 0 Å². The smallest absolute Gasteiger partial charge is 0.354 e. The van der Waals surface area contributed by atoms with Crippen LogP contribution in [0.5, 0.6) is 5.88 Å². The predicted molar refractivity (Wildman–Crippen MR) is 60.7 cm³/mol. The van der Waals surface area contributed by atoms with Gasteiger partial charge in [-0.05, 0) is 31.7 Å². The van der Waals surface area contributed by atoms with Gasteiger partial charge in [0.05, 0.1) is 4.92 Å². The Morgan fingerprint density at radius 3 is 2.67 bits per heavy atom. The van der Waals surface area contributed by atoms with E-state index >= 15 is 0 Å². The third-order valence-electron chi connectivity index (χ3n) is 2.84. The molecule has 0 saturated heterocycles. The molecule has 1 aromatic heterocycles. The largest absolute Gasteiger partial charge is 0.477 e. The van der Waals surface area contributed by atoms with Crippen LogP contribution in [-0.4, -0.2) is 27.1 Å². The topological polar surface area (TPSA) is 103 Å². The standard InChI is InChI=1S/C11H12N2O5/c14-11(15)8-5-6-9(13(16)17)10(12-8)18-7-3-1-2-4-7/h5-7H,1-4H2,(H,14,15). The van der Waals surface area contributed by atoms with Crippen molar-refractivity contribution in [3.63, 3.8) is 0 Å². The van der Waals surface area contributed by atoms with Crippen LogP contribution in [0.4, 0.5) is 5.69 Å². The van der Waals surface area contributed by atoms with Gasteiger partial charge in [-0.15, -0.1) is 0 Å². The second-order valence-electron chi connectivity index (χ2n) is 4.11. The zero-order valence-electron chi connectivity index (χ0n) is 9.54. The number of aromatic nitrogens is 1. The first-order valence-corrected chi connectivity index (χ1v) is 5.63. The molecule has 0 spiro atoms. The number of rotatable bonds is 4. The lowest BCUT2D eigenvalue weighted by atomic mass is 10.3. The number of ether oxygens (including phenoxy) is 1. The lowest BCUT2D eigenvalue weighted by Crippen LogP contribution is -2.14. The van der Waals surface area contributed by atoms with E-state index in [9.17, 15) is 14.9 Å². The average molecular weight is 252 g/mol.